The smallest absolute Gasteiger partial charge is 0.221 e. The van der Waals surface area contributed by atoms with Crippen LogP contribution in [-0.2, 0) is 14.3 Å². The fourth-order valence-electron chi connectivity index (χ4n) is 2.24. The molecule has 1 aliphatic heterocycles. The molecule has 1 atom stereocenters. The Hall–Kier alpha value is -1.34. The Bertz CT molecular complexity index is 344. The molecule has 134 valence electrons. The molecule has 1 rings (SSSR count). The molecule has 7 nitrogen and oxygen atoms in total. The number of rotatable bonds is 11. The third-order valence-electron chi connectivity index (χ3n) is 3.53. The summed E-state index contributed by atoms with van der Waals surface area (Å²) in [5.74, 6) is 0.782. The Balaban J connectivity index is 1.95. The number of nitrogens with zero attached hydrogens (tertiary/aromatic N) is 1. The molecule has 1 saturated heterocycles. The fraction of sp³-hybridized carbons (Fsp3) is 0.875. The Morgan fingerprint density at radius 3 is 2.78 bits per heavy atom. The summed E-state index contributed by atoms with van der Waals surface area (Å²) in [4.78, 5) is 15.6. The monoisotopic (exact) mass is 328 g/mol. The minimum Gasteiger partial charge on any atom is -0.379 e. The molecule has 1 heterocycles. The van der Waals surface area contributed by atoms with Crippen molar-refractivity contribution in [2.24, 2.45) is 4.99 Å². The van der Waals surface area contributed by atoms with Crippen LogP contribution in [0.3, 0.4) is 0 Å². The van der Waals surface area contributed by atoms with Gasteiger partial charge in [0, 0.05) is 46.3 Å². The molecule has 0 radical (unpaired) electrons. The van der Waals surface area contributed by atoms with Gasteiger partial charge in [-0.3, -0.25) is 9.79 Å². The maximum atomic E-state index is 11.5. The summed E-state index contributed by atoms with van der Waals surface area (Å²) in [5.41, 5.74) is 0. The minimum atomic E-state index is 0.0670. The first-order valence-corrected chi connectivity index (χ1v) is 8.66. The number of nitrogens with one attached hydrogen (secondary N) is 3. The first-order chi connectivity index (χ1) is 11.3. The third kappa shape index (κ3) is 10.1. The maximum absolute atomic E-state index is 11.5. The summed E-state index contributed by atoms with van der Waals surface area (Å²) < 4.78 is 11.1. The van der Waals surface area contributed by atoms with Gasteiger partial charge in [-0.15, -0.1) is 0 Å². The van der Waals surface area contributed by atoms with Gasteiger partial charge in [-0.25, -0.2) is 0 Å². The lowest BCUT2D eigenvalue weighted by Crippen LogP contribution is -2.40. The molecule has 1 amide bonds. The number of hydrogen-bond donors (Lipinski definition) is 3. The molecule has 7 heteroatoms. The Morgan fingerprint density at radius 2 is 2.09 bits per heavy atom. The molecule has 0 aromatic carbocycles. The summed E-state index contributed by atoms with van der Waals surface area (Å²) in [5, 5.41) is 9.19. The molecule has 0 saturated carbocycles. The van der Waals surface area contributed by atoms with E-state index in [1.807, 2.05) is 6.92 Å². The van der Waals surface area contributed by atoms with E-state index < -0.39 is 0 Å². The van der Waals surface area contributed by atoms with E-state index in [1.165, 1.54) is 0 Å². The molecule has 0 bridgehead atoms. The van der Waals surface area contributed by atoms with Gasteiger partial charge in [-0.1, -0.05) is 6.92 Å². The van der Waals surface area contributed by atoms with Crippen LogP contribution >= 0.6 is 0 Å². The predicted molar refractivity (Wildman–Crippen MR) is 91.7 cm³/mol. The average molecular weight is 328 g/mol. The van der Waals surface area contributed by atoms with Crippen molar-refractivity contribution in [1.29, 1.82) is 0 Å². The predicted octanol–water partition coefficient (Wildman–Crippen LogP) is 0.653. The van der Waals surface area contributed by atoms with Gasteiger partial charge in [0.1, 0.15) is 0 Å². The van der Waals surface area contributed by atoms with E-state index in [9.17, 15) is 4.79 Å². The van der Waals surface area contributed by atoms with Crippen molar-refractivity contribution in [3.05, 3.63) is 0 Å². The molecule has 23 heavy (non-hydrogen) atoms. The van der Waals surface area contributed by atoms with Crippen molar-refractivity contribution in [2.45, 2.75) is 45.1 Å². The molecule has 0 spiro atoms. The van der Waals surface area contributed by atoms with Gasteiger partial charge in [-0.2, -0.15) is 0 Å². The van der Waals surface area contributed by atoms with Crippen molar-refractivity contribution in [3.8, 4) is 0 Å². The normalized spacial score (nSPS) is 18.0. The van der Waals surface area contributed by atoms with Gasteiger partial charge in [0.25, 0.3) is 0 Å². The molecule has 0 aliphatic carbocycles. The van der Waals surface area contributed by atoms with Crippen LogP contribution in [0.2, 0.25) is 0 Å². The fourth-order valence-corrected chi connectivity index (χ4v) is 2.24. The standard InChI is InChI=1S/C16H32N4O3/c1-3-8-18-15(21)7-10-20-16(17-2)19-9-5-11-22-13-14-6-4-12-23-14/h14H,3-13H2,1-2H3,(H,18,21)(H2,17,19,20). The SMILES string of the molecule is CCCNC(=O)CCNC(=NC)NCCCOCC1CCCO1. The summed E-state index contributed by atoms with van der Waals surface area (Å²) in [6.45, 7) is 6.40. The molecule has 1 aliphatic rings. The quantitative estimate of drug-likeness (QED) is 0.295. The highest BCUT2D eigenvalue weighted by Crippen LogP contribution is 2.11. The summed E-state index contributed by atoms with van der Waals surface area (Å²) in [7, 11) is 1.72. The number of aliphatic imine (C=N–C) groups is 1. The Labute approximate surface area is 139 Å². The Morgan fingerprint density at radius 1 is 1.26 bits per heavy atom. The Kier molecular flexibility index (Phi) is 11.3. The molecule has 1 fully saturated rings. The zero-order valence-electron chi connectivity index (χ0n) is 14.5. The first kappa shape index (κ1) is 19.7. The molecule has 3 N–H and O–H groups in total. The van der Waals surface area contributed by atoms with Crippen LogP contribution in [0.4, 0.5) is 0 Å². The van der Waals surface area contributed by atoms with E-state index in [4.69, 9.17) is 9.47 Å². The van der Waals surface area contributed by atoms with Crippen molar-refractivity contribution in [1.82, 2.24) is 16.0 Å². The summed E-state index contributed by atoms with van der Waals surface area (Å²) in [6, 6.07) is 0. The van der Waals surface area contributed by atoms with E-state index in [2.05, 4.69) is 20.9 Å². The number of hydrogen-bond acceptors (Lipinski definition) is 4. The molecule has 1 unspecified atom stereocenters. The van der Waals surface area contributed by atoms with Gasteiger partial charge >= 0.3 is 0 Å². The second kappa shape index (κ2) is 13.1. The van der Waals surface area contributed by atoms with Crippen LogP contribution in [0.1, 0.15) is 39.0 Å². The largest absolute Gasteiger partial charge is 0.379 e. The first-order valence-electron chi connectivity index (χ1n) is 8.66. The van der Waals surface area contributed by atoms with Crippen LogP contribution in [-0.4, -0.2) is 64.5 Å². The molecular formula is C16H32N4O3. The zero-order chi connectivity index (χ0) is 16.8. The van der Waals surface area contributed by atoms with E-state index in [0.717, 1.165) is 45.4 Å². The summed E-state index contributed by atoms with van der Waals surface area (Å²) >= 11 is 0. The van der Waals surface area contributed by atoms with E-state index in [-0.39, 0.29) is 12.0 Å². The van der Waals surface area contributed by atoms with Crippen LogP contribution < -0.4 is 16.0 Å². The lowest BCUT2D eigenvalue weighted by atomic mass is 10.2. The van der Waals surface area contributed by atoms with Crippen LogP contribution in [0.25, 0.3) is 0 Å². The number of guanidine groups is 1. The molecule has 0 aromatic rings. The average Bonchev–Trinajstić information content (AvgIpc) is 3.07. The van der Waals surface area contributed by atoms with E-state index in [0.29, 0.717) is 32.1 Å². The van der Waals surface area contributed by atoms with Crippen LogP contribution in [0.15, 0.2) is 4.99 Å². The van der Waals surface area contributed by atoms with Gasteiger partial charge in [0.2, 0.25) is 5.91 Å². The number of carbonyl (C=O) groups excluding carboxylic acids is 1. The third-order valence-corrected chi connectivity index (χ3v) is 3.53. The zero-order valence-corrected chi connectivity index (χ0v) is 14.5. The van der Waals surface area contributed by atoms with E-state index in [1.54, 1.807) is 7.05 Å². The second-order valence-electron chi connectivity index (χ2n) is 5.59. The molecular weight excluding hydrogens is 296 g/mol. The van der Waals surface area contributed by atoms with Gasteiger partial charge in [0.05, 0.1) is 12.7 Å². The second-order valence-corrected chi connectivity index (χ2v) is 5.59. The lowest BCUT2D eigenvalue weighted by molar-refractivity contribution is -0.120. The molecule has 0 aromatic heterocycles. The van der Waals surface area contributed by atoms with E-state index >= 15 is 0 Å². The van der Waals surface area contributed by atoms with Crippen molar-refractivity contribution < 1.29 is 14.3 Å². The van der Waals surface area contributed by atoms with Crippen molar-refractivity contribution in [2.75, 3.05) is 46.5 Å². The van der Waals surface area contributed by atoms with Crippen molar-refractivity contribution in [3.63, 3.8) is 0 Å². The number of carbonyl (C=O) groups is 1. The van der Waals surface area contributed by atoms with Crippen LogP contribution in [0, 0.1) is 0 Å². The highest BCUT2D eigenvalue weighted by molar-refractivity contribution is 5.81. The summed E-state index contributed by atoms with van der Waals surface area (Å²) in [6.07, 6.45) is 4.86. The highest BCUT2D eigenvalue weighted by Gasteiger charge is 2.14. The topological polar surface area (TPSA) is 84.0 Å². The van der Waals surface area contributed by atoms with Gasteiger partial charge in [0.15, 0.2) is 5.96 Å². The van der Waals surface area contributed by atoms with Crippen molar-refractivity contribution >= 4 is 11.9 Å². The van der Waals surface area contributed by atoms with Gasteiger partial charge < -0.3 is 25.4 Å². The van der Waals surface area contributed by atoms with Gasteiger partial charge in [-0.05, 0) is 25.7 Å². The number of ether oxygens (including phenoxy) is 2. The maximum Gasteiger partial charge on any atom is 0.221 e. The lowest BCUT2D eigenvalue weighted by Gasteiger charge is -2.13. The van der Waals surface area contributed by atoms with Crippen LogP contribution in [0.5, 0.6) is 0 Å². The minimum absolute atomic E-state index is 0.0670. The highest BCUT2D eigenvalue weighted by atomic mass is 16.5. The number of amides is 1.